The zero-order valence-electron chi connectivity index (χ0n) is 14.3. The van der Waals surface area contributed by atoms with Gasteiger partial charge in [-0.15, -0.1) is 0 Å². The third-order valence-corrected chi connectivity index (χ3v) is 5.33. The van der Waals surface area contributed by atoms with Crippen LogP contribution in [0.5, 0.6) is 0 Å². The van der Waals surface area contributed by atoms with E-state index in [-0.39, 0.29) is 11.4 Å². The number of benzene rings is 1. The van der Waals surface area contributed by atoms with Crippen molar-refractivity contribution >= 4 is 11.7 Å². The molecule has 0 bridgehead atoms. The molecule has 1 spiro atoms. The third kappa shape index (κ3) is 3.86. The number of likely N-dealkylation sites (tertiary alicyclic amines) is 1. The monoisotopic (exact) mass is 316 g/mol. The van der Waals surface area contributed by atoms with Crippen LogP contribution in [0.25, 0.3) is 0 Å². The summed E-state index contributed by atoms with van der Waals surface area (Å²) in [6.45, 7) is 7.76. The van der Waals surface area contributed by atoms with E-state index in [1.165, 1.54) is 12.0 Å². The van der Waals surface area contributed by atoms with Crippen molar-refractivity contribution in [3.63, 3.8) is 0 Å². The molecule has 2 heterocycles. The van der Waals surface area contributed by atoms with Crippen LogP contribution < -0.4 is 5.32 Å². The maximum Gasteiger partial charge on any atom is 0.321 e. The van der Waals surface area contributed by atoms with Crippen LogP contribution in [0.2, 0.25) is 0 Å². The molecule has 2 aliphatic rings. The molecule has 2 amide bonds. The van der Waals surface area contributed by atoms with E-state index in [1.807, 2.05) is 17.0 Å². The van der Waals surface area contributed by atoms with Gasteiger partial charge in [0.05, 0.1) is 0 Å². The Kier molecular flexibility index (Phi) is 4.90. The molecule has 1 aromatic rings. The summed E-state index contributed by atoms with van der Waals surface area (Å²) in [4.78, 5) is 14.6. The lowest BCUT2D eigenvalue weighted by atomic mass is 9.74. The number of nitrogens with one attached hydrogen (secondary N) is 1. The Hall–Kier alpha value is -1.55. The third-order valence-electron chi connectivity index (χ3n) is 5.33. The molecule has 1 N–H and O–H groups in total. The molecule has 2 aliphatic heterocycles. The first kappa shape index (κ1) is 16.3. The minimum atomic E-state index is 0.0351. The first-order valence-electron chi connectivity index (χ1n) is 8.82. The van der Waals surface area contributed by atoms with E-state index in [1.54, 1.807) is 0 Å². The summed E-state index contributed by atoms with van der Waals surface area (Å²) in [6, 6.07) is 8.23. The van der Waals surface area contributed by atoms with E-state index in [2.05, 4.69) is 31.3 Å². The van der Waals surface area contributed by atoms with E-state index in [9.17, 15) is 4.79 Å². The second kappa shape index (κ2) is 6.91. The number of anilines is 1. The molecule has 0 saturated carbocycles. The highest BCUT2D eigenvalue weighted by molar-refractivity contribution is 5.89. The normalized spacial score (nSPS) is 20.7. The van der Waals surface area contributed by atoms with Gasteiger partial charge in [-0.1, -0.05) is 26.0 Å². The Balaban J connectivity index is 1.61. The van der Waals surface area contributed by atoms with Gasteiger partial charge in [0, 0.05) is 32.0 Å². The highest BCUT2D eigenvalue weighted by Crippen LogP contribution is 2.39. The van der Waals surface area contributed by atoms with Gasteiger partial charge in [0.2, 0.25) is 0 Å². The minimum Gasteiger partial charge on any atom is -0.381 e. The van der Waals surface area contributed by atoms with Crippen molar-refractivity contribution in [3.8, 4) is 0 Å². The summed E-state index contributed by atoms with van der Waals surface area (Å²) < 4.78 is 5.50. The number of carbonyl (C=O) groups is 1. The van der Waals surface area contributed by atoms with Crippen molar-refractivity contribution in [1.29, 1.82) is 0 Å². The summed E-state index contributed by atoms with van der Waals surface area (Å²) in [6.07, 6.45) is 4.49. The van der Waals surface area contributed by atoms with Crippen molar-refractivity contribution in [2.75, 3.05) is 31.6 Å². The Morgan fingerprint density at radius 1 is 1.17 bits per heavy atom. The van der Waals surface area contributed by atoms with Crippen molar-refractivity contribution < 1.29 is 9.53 Å². The lowest BCUT2D eigenvalue weighted by Crippen LogP contribution is -2.49. The fourth-order valence-electron chi connectivity index (χ4n) is 3.75. The van der Waals surface area contributed by atoms with Gasteiger partial charge >= 0.3 is 6.03 Å². The molecule has 0 radical (unpaired) electrons. The zero-order chi connectivity index (χ0) is 16.3. The van der Waals surface area contributed by atoms with Crippen molar-refractivity contribution in [2.45, 2.75) is 45.4 Å². The van der Waals surface area contributed by atoms with Gasteiger partial charge in [-0.2, -0.15) is 0 Å². The van der Waals surface area contributed by atoms with Gasteiger partial charge in [-0.05, 0) is 54.7 Å². The summed E-state index contributed by atoms with van der Waals surface area (Å²) in [5, 5.41) is 3.06. The van der Waals surface area contributed by atoms with Crippen LogP contribution in [0.1, 0.15) is 51.0 Å². The van der Waals surface area contributed by atoms with E-state index in [0.29, 0.717) is 5.92 Å². The molecular weight excluding hydrogens is 288 g/mol. The van der Waals surface area contributed by atoms with E-state index < -0.39 is 0 Å². The fourth-order valence-corrected chi connectivity index (χ4v) is 3.75. The van der Waals surface area contributed by atoms with Gasteiger partial charge in [0.1, 0.15) is 0 Å². The van der Waals surface area contributed by atoms with Crippen LogP contribution in [-0.4, -0.2) is 37.2 Å². The van der Waals surface area contributed by atoms with Crippen LogP contribution in [-0.2, 0) is 4.74 Å². The molecule has 0 aliphatic carbocycles. The van der Waals surface area contributed by atoms with E-state index in [4.69, 9.17) is 4.74 Å². The number of ether oxygens (including phenoxy) is 1. The Bertz CT molecular complexity index is 527. The number of piperidine rings is 1. The summed E-state index contributed by atoms with van der Waals surface area (Å²) in [5.41, 5.74) is 2.46. The molecule has 4 nitrogen and oxygen atoms in total. The van der Waals surface area contributed by atoms with E-state index in [0.717, 1.165) is 51.3 Å². The summed E-state index contributed by atoms with van der Waals surface area (Å²) >= 11 is 0. The number of hydrogen-bond acceptors (Lipinski definition) is 2. The first-order chi connectivity index (χ1) is 11.1. The summed E-state index contributed by atoms with van der Waals surface area (Å²) in [5.74, 6) is 0.509. The van der Waals surface area contributed by atoms with Crippen molar-refractivity contribution in [2.24, 2.45) is 5.41 Å². The predicted molar refractivity (Wildman–Crippen MR) is 92.8 cm³/mol. The summed E-state index contributed by atoms with van der Waals surface area (Å²) in [7, 11) is 0. The molecule has 1 aromatic carbocycles. The maximum absolute atomic E-state index is 12.6. The minimum absolute atomic E-state index is 0.0351. The van der Waals surface area contributed by atoms with Crippen LogP contribution in [0.3, 0.4) is 0 Å². The maximum atomic E-state index is 12.6. The van der Waals surface area contributed by atoms with Gasteiger partial charge < -0.3 is 15.0 Å². The molecule has 0 aromatic heterocycles. The molecule has 3 rings (SSSR count). The number of rotatable bonds is 2. The predicted octanol–water partition coefficient (Wildman–Crippen LogP) is 4.23. The molecule has 126 valence electrons. The van der Waals surface area contributed by atoms with Crippen LogP contribution in [0, 0.1) is 5.41 Å². The topological polar surface area (TPSA) is 41.6 Å². The van der Waals surface area contributed by atoms with E-state index >= 15 is 0 Å². The standard InChI is InChI=1S/C19H28N2O2/c1-15(2)16-4-6-17(7-5-16)20-18(22)21-11-3-8-19(14-21)9-12-23-13-10-19/h4-7,15H,3,8-14H2,1-2H3,(H,20,22). The fraction of sp³-hybridized carbons (Fsp3) is 0.632. The number of amides is 2. The SMILES string of the molecule is CC(C)c1ccc(NC(=O)N2CCCC3(CCOCC3)C2)cc1. The zero-order valence-corrected chi connectivity index (χ0v) is 14.3. The Morgan fingerprint density at radius 2 is 1.87 bits per heavy atom. The van der Waals surface area contributed by atoms with Crippen molar-refractivity contribution in [1.82, 2.24) is 4.90 Å². The molecule has 2 saturated heterocycles. The van der Waals surface area contributed by atoms with Crippen LogP contribution in [0.15, 0.2) is 24.3 Å². The molecular formula is C19H28N2O2. The van der Waals surface area contributed by atoms with Gasteiger partial charge in [-0.25, -0.2) is 4.79 Å². The number of hydrogen-bond donors (Lipinski definition) is 1. The van der Waals surface area contributed by atoms with Gasteiger partial charge in [0.15, 0.2) is 0 Å². The largest absolute Gasteiger partial charge is 0.381 e. The quantitative estimate of drug-likeness (QED) is 0.887. The first-order valence-corrected chi connectivity index (χ1v) is 8.82. The lowest BCUT2D eigenvalue weighted by molar-refractivity contribution is -0.0175. The average Bonchev–Trinajstić information content (AvgIpc) is 2.56. The number of carbonyl (C=O) groups excluding carboxylic acids is 1. The molecule has 0 atom stereocenters. The van der Waals surface area contributed by atoms with Crippen molar-refractivity contribution in [3.05, 3.63) is 29.8 Å². The van der Waals surface area contributed by atoms with Gasteiger partial charge in [-0.3, -0.25) is 0 Å². The Morgan fingerprint density at radius 3 is 2.52 bits per heavy atom. The average molecular weight is 316 g/mol. The molecule has 0 unspecified atom stereocenters. The smallest absolute Gasteiger partial charge is 0.321 e. The van der Waals surface area contributed by atoms with Crippen LogP contribution in [0.4, 0.5) is 10.5 Å². The second-order valence-electron chi connectivity index (χ2n) is 7.34. The number of nitrogens with zero attached hydrogens (tertiary/aromatic N) is 1. The Labute approximate surface area is 139 Å². The molecule has 23 heavy (non-hydrogen) atoms. The van der Waals surface area contributed by atoms with Gasteiger partial charge in [0.25, 0.3) is 0 Å². The molecule has 2 fully saturated rings. The lowest BCUT2D eigenvalue weighted by Gasteiger charge is -2.45. The number of urea groups is 1. The molecule has 4 heteroatoms. The van der Waals surface area contributed by atoms with Crippen LogP contribution >= 0.6 is 0 Å². The highest BCUT2D eigenvalue weighted by Gasteiger charge is 2.38. The highest BCUT2D eigenvalue weighted by atomic mass is 16.5. The second-order valence-corrected chi connectivity index (χ2v) is 7.34.